The highest BCUT2D eigenvalue weighted by molar-refractivity contribution is 6.37. The van der Waals surface area contributed by atoms with Crippen molar-refractivity contribution in [1.29, 1.82) is 0 Å². The predicted octanol–water partition coefficient (Wildman–Crippen LogP) is 2.32. The quantitative estimate of drug-likeness (QED) is 0.525. The Kier molecular flexibility index (Phi) is 5.96. The summed E-state index contributed by atoms with van der Waals surface area (Å²) < 4.78 is 17.2. The molecule has 0 aromatic carbocycles. The van der Waals surface area contributed by atoms with Gasteiger partial charge in [0.2, 0.25) is 0 Å². The molecule has 0 atom stereocenters. The van der Waals surface area contributed by atoms with Crippen molar-refractivity contribution in [2.45, 2.75) is 59.3 Å². The molecule has 3 aromatic rings. The molecule has 0 unspecified atom stereocenters. The molecule has 0 fully saturated rings. The molecule has 0 radical (unpaired) electrons. The summed E-state index contributed by atoms with van der Waals surface area (Å²) in [5.74, 6) is 0.846. The zero-order valence-corrected chi connectivity index (χ0v) is 17.2. The fourth-order valence-electron chi connectivity index (χ4n) is 2.38. The van der Waals surface area contributed by atoms with Crippen LogP contribution in [0.4, 0.5) is 0 Å². The van der Waals surface area contributed by atoms with E-state index in [4.69, 9.17) is 14.3 Å². The van der Waals surface area contributed by atoms with Gasteiger partial charge in [-0.3, -0.25) is 0 Å². The first-order valence-corrected chi connectivity index (χ1v) is 9.50. The second kappa shape index (κ2) is 8.41. The van der Waals surface area contributed by atoms with E-state index in [1.807, 2.05) is 18.2 Å². The van der Waals surface area contributed by atoms with Crippen LogP contribution in [0.2, 0.25) is 0 Å². The number of nitrogens with zero attached hydrogens (tertiary/aromatic N) is 6. The van der Waals surface area contributed by atoms with Crippen LogP contribution < -0.4 is 14.3 Å². The number of hydrogen-bond donors (Lipinski definition) is 0. The van der Waals surface area contributed by atoms with Gasteiger partial charge in [0.05, 0.1) is 35.7 Å². The Hall–Kier alpha value is -2.91. The third-order valence-corrected chi connectivity index (χ3v) is 4.12. The standard InChI is InChI=1S/C18H27BN6O3/c1-13(2)16-7-10-23(20-16)26-19(27-24-11-8-17(21-24)14(3)4)28-25-12-9-18(22-25)15(5)6/h7-15H,1-6H3. The average Bonchev–Trinajstić information content (AvgIpc) is 3.35. The molecule has 0 aliphatic carbocycles. The van der Waals surface area contributed by atoms with E-state index in [9.17, 15) is 0 Å². The second-order valence-corrected chi connectivity index (χ2v) is 7.50. The van der Waals surface area contributed by atoms with E-state index in [2.05, 4.69) is 56.8 Å². The fourth-order valence-corrected chi connectivity index (χ4v) is 2.38. The summed E-state index contributed by atoms with van der Waals surface area (Å²) in [6, 6.07) is 5.66. The highest BCUT2D eigenvalue weighted by Gasteiger charge is 2.35. The molecule has 0 saturated heterocycles. The summed E-state index contributed by atoms with van der Waals surface area (Å²) in [7, 11) is -1.15. The molecule has 3 rings (SSSR count). The molecular weight excluding hydrogens is 359 g/mol. The number of rotatable bonds is 9. The summed E-state index contributed by atoms with van der Waals surface area (Å²) in [6.07, 6.45) is 5.13. The molecule has 150 valence electrons. The molecule has 0 aliphatic heterocycles. The lowest BCUT2D eigenvalue weighted by Gasteiger charge is -2.14. The smallest absolute Gasteiger partial charge is 0.380 e. The van der Waals surface area contributed by atoms with Crippen LogP contribution in [0, 0.1) is 0 Å². The van der Waals surface area contributed by atoms with Gasteiger partial charge in [-0.1, -0.05) is 41.5 Å². The minimum Gasteiger partial charge on any atom is -0.380 e. The fraction of sp³-hybridized carbons (Fsp3) is 0.500. The van der Waals surface area contributed by atoms with Gasteiger partial charge < -0.3 is 14.3 Å². The maximum atomic E-state index is 5.73. The summed E-state index contributed by atoms with van der Waals surface area (Å²) in [5.41, 5.74) is 2.71. The van der Waals surface area contributed by atoms with Crippen molar-refractivity contribution >= 4 is 7.32 Å². The Morgan fingerprint density at radius 2 is 0.893 bits per heavy atom. The molecule has 3 aromatic heterocycles. The maximum Gasteiger partial charge on any atom is 0.929 e. The molecule has 0 aliphatic rings. The van der Waals surface area contributed by atoms with E-state index in [1.54, 1.807) is 18.6 Å². The van der Waals surface area contributed by atoms with E-state index in [1.165, 1.54) is 14.5 Å². The number of aromatic nitrogens is 6. The molecule has 0 amide bonds. The normalized spacial score (nSPS) is 11.5. The van der Waals surface area contributed by atoms with Crippen LogP contribution >= 0.6 is 0 Å². The zero-order valence-electron chi connectivity index (χ0n) is 17.2. The van der Waals surface area contributed by atoms with Gasteiger partial charge in [0.25, 0.3) is 0 Å². The molecule has 9 nitrogen and oxygen atoms in total. The van der Waals surface area contributed by atoms with Gasteiger partial charge in [0.15, 0.2) is 0 Å². The third-order valence-electron chi connectivity index (χ3n) is 4.12. The molecule has 0 bridgehead atoms. The Labute approximate surface area is 165 Å². The first kappa shape index (κ1) is 19.8. The van der Waals surface area contributed by atoms with Crippen LogP contribution in [-0.4, -0.2) is 37.2 Å². The first-order chi connectivity index (χ1) is 13.3. The van der Waals surface area contributed by atoms with E-state index < -0.39 is 7.32 Å². The average molecular weight is 386 g/mol. The van der Waals surface area contributed by atoms with Gasteiger partial charge in [0, 0.05) is 0 Å². The minimum absolute atomic E-state index is 0.282. The van der Waals surface area contributed by atoms with Crippen LogP contribution in [0.5, 0.6) is 0 Å². The van der Waals surface area contributed by atoms with E-state index in [0.29, 0.717) is 0 Å². The molecule has 0 spiro atoms. The van der Waals surface area contributed by atoms with E-state index in [-0.39, 0.29) is 17.8 Å². The molecule has 28 heavy (non-hydrogen) atoms. The van der Waals surface area contributed by atoms with Gasteiger partial charge in [0.1, 0.15) is 0 Å². The highest BCUT2D eigenvalue weighted by Crippen LogP contribution is 2.12. The summed E-state index contributed by atoms with van der Waals surface area (Å²) >= 11 is 0. The third kappa shape index (κ3) is 4.87. The lowest BCUT2D eigenvalue weighted by atomic mass is 10.1. The van der Waals surface area contributed by atoms with Crippen molar-refractivity contribution in [2.75, 3.05) is 0 Å². The van der Waals surface area contributed by atoms with Gasteiger partial charge >= 0.3 is 7.32 Å². The summed E-state index contributed by atoms with van der Waals surface area (Å²) in [6.45, 7) is 12.4. The van der Waals surface area contributed by atoms with Gasteiger partial charge in [-0.25, -0.2) is 0 Å². The van der Waals surface area contributed by atoms with Crippen LogP contribution in [0.25, 0.3) is 0 Å². The molecular formula is C18H27BN6O3. The SMILES string of the molecule is CC(C)c1ccn(OB(On2ccc(C(C)C)n2)On2ccc(C(C)C)n2)n1. The Balaban J connectivity index is 1.76. The Morgan fingerprint density at radius 3 is 1.11 bits per heavy atom. The van der Waals surface area contributed by atoms with Crippen molar-refractivity contribution < 1.29 is 14.3 Å². The predicted molar refractivity (Wildman–Crippen MR) is 104 cm³/mol. The van der Waals surface area contributed by atoms with Gasteiger partial charge in [-0.2, -0.15) is 0 Å². The van der Waals surface area contributed by atoms with Crippen LogP contribution in [0.15, 0.2) is 36.8 Å². The van der Waals surface area contributed by atoms with Crippen LogP contribution in [0.1, 0.15) is 76.4 Å². The first-order valence-electron chi connectivity index (χ1n) is 9.50. The van der Waals surface area contributed by atoms with Crippen molar-refractivity contribution in [1.82, 2.24) is 29.8 Å². The van der Waals surface area contributed by atoms with Crippen molar-refractivity contribution in [3.63, 3.8) is 0 Å². The lowest BCUT2D eigenvalue weighted by Crippen LogP contribution is -2.49. The van der Waals surface area contributed by atoms with Crippen molar-refractivity contribution in [3.05, 3.63) is 53.9 Å². The van der Waals surface area contributed by atoms with Gasteiger partial charge in [-0.15, -0.1) is 29.8 Å². The second-order valence-electron chi connectivity index (χ2n) is 7.50. The van der Waals surface area contributed by atoms with Crippen molar-refractivity contribution in [3.8, 4) is 0 Å². The number of hydrogen-bond acceptors (Lipinski definition) is 6. The maximum absolute atomic E-state index is 5.73. The lowest BCUT2D eigenvalue weighted by molar-refractivity contribution is 0.0391. The highest BCUT2D eigenvalue weighted by atomic mass is 16.9. The molecule has 10 heteroatoms. The monoisotopic (exact) mass is 386 g/mol. The Morgan fingerprint density at radius 1 is 0.607 bits per heavy atom. The Bertz CT molecular complexity index is 771. The van der Waals surface area contributed by atoms with Crippen LogP contribution in [-0.2, 0) is 0 Å². The van der Waals surface area contributed by atoms with Crippen LogP contribution in [0.3, 0.4) is 0 Å². The summed E-state index contributed by atoms with van der Waals surface area (Å²) in [4.78, 5) is 3.96. The van der Waals surface area contributed by atoms with Gasteiger partial charge in [-0.05, 0) is 36.0 Å². The minimum atomic E-state index is -1.15. The van der Waals surface area contributed by atoms with E-state index in [0.717, 1.165) is 17.1 Å². The van der Waals surface area contributed by atoms with Crippen molar-refractivity contribution in [2.24, 2.45) is 0 Å². The molecule has 3 heterocycles. The van der Waals surface area contributed by atoms with E-state index >= 15 is 0 Å². The topological polar surface area (TPSA) is 81.1 Å². The zero-order chi connectivity index (χ0) is 20.3. The molecule has 0 saturated carbocycles. The summed E-state index contributed by atoms with van der Waals surface area (Å²) in [5, 5.41) is 13.1. The largest absolute Gasteiger partial charge is 0.929 e. The molecule has 0 N–H and O–H groups in total.